The molecule has 0 aliphatic carbocycles. The van der Waals surface area contributed by atoms with Crippen LogP contribution in [0.1, 0.15) is 16.8 Å². The molecule has 1 aliphatic rings. The summed E-state index contributed by atoms with van der Waals surface area (Å²) in [5.41, 5.74) is 3.01. The molecule has 0 fully saturated rings. The van der Waals surface area contributed by atoms with Gasteiger partial charge in [-0.15, -0.1) is 0 Å². The van der Waals surface area contributed by atoms with Crippen molar-refractivity contribution in [2.75, 3.05) is 18.5 Å². The van der Waals surface area contributed by atoms with Crippen LogP contribution in [-0.4, -0.2) is 41.5 Å². The number of anilines is 1. The maximum atomic E-state index is 14.4. The van der Waals surface area contributed by atoms with Crippen molar-refractivity contribution in [3.63, 3.8) is 0 Å². The van der Waals surface area contributed by atoms with Crippen molar-refractivity contribution in [2.45, 2.75) is 18.9 Å². The van der Waals surface area contributed by atoms with Crippen LogP contribution in [0.2, 0.25) is 0 Å². The van der Waals surface area contributed by atoms with Gasteiger partial charge in [0.15, 0.2) is 5.54 Å². The van der Waals surface area contributed by atoms with E-state index in [9.17, 15) is 18.0 Å². The van der Waals surface area contributed by atoms with Gasteiger partial charge in [-0.2, -0.15) is 5.26 Å². The number of hydrogen-bond acceptors (Lipinski definition) is 8. The van der Waals surface area contributed by atoms with Crippen molar-refractivity contribution >= 4 is 17.7 Å². The van der Waals surface area contributed by atoms with Crippen LogP contribution in [0.15, 0.2) is 29.4 Å². The number of aliphatic imine (C=N–C) groups is 1. The highest BCUT2D eigenvalue weighted by molar-refractivity contribution is 5.85. The molecule has 1 atom stereocenters. The number of amidine groups is 1. The summed E-state index contributed by atoms with van der Waals surface area (Å²) in [6.07, 6.45) is -3.01. The van der Waals surface area contributed by atoms with Crippen molar-refractivity contribution in [2.24, 2.45) is 10.7 Å². The average molecular weight is 420 g/mol. The number of nitrogens with two attached hydrogens (primary N) is 1. The fourth-order valence-corrected chi connectivity index (χ4v) is 2.73. The highest BCUT2D eigenvalue weighted by Crippen LogP contribution is 2.36. The van der Waals surface area contributed by atoms with Gasteiger partial charge in [-0.05, 0) is 25.1 Å². The number of ether oxygens (including phenoxy) is 2. The van der Waals surface area contributed by atoms with Crippen LogP contribution in [0.5, 0.6) is 5.88 Å². The van der Waals surface area contributed by atoms with Crippen molar-refractivity contribution < 1.29 is 27.4 Å². The standard InChI is InChI=1S/C18H15F3N6O3/c1-9-4-10(5-22)6-24-15(9)30-17(28)26-13-3-2-11(19)14(25-13)18(16(20)21)8-29-7-12(23)27-18/h2-4,6,16H,7-8H2,1H3,(H2,23,27)(H,25,26,28). The number of rotatable bonds is 4. The fourth-order valence-electron chi connectivity index (χ4n) is 2.73. The van der Waals surface area contributed by atoms with Gasteiger partial charge in [0, 0.05) is 11.8 Å². The predicted octanol–water partition coefficient (Wildman–Crippen LogP) is 2.25. The third-order valence-electron chi connectivity index (χ3n) is 4.11. The Bertz CT molecular complexity index is 1060. The number of pyridine rings is 2. The number of aromatic nitrogens is 2. The van der Waals surface area contributed by atoms with E-state index in [4.69, 9.17) is 20.5 Å². The molecule has 1 unspecified atom stereocenters. The van der Waals surface area contributed by atoms with Gasteiger partial charge in [0.05, 0.1) is 12.2 Å². The fraction of sp³-hybridized carbons (Fsp3) is 0.278. The van der Waals surface area contributed by atoms with Gasteiger partial charge in [0.2, 0.25) is 5.88 Å². The number of halogens is 3. The minimum Gasteiger partial charge on any atom is -0.391 e. The summed E-state index contributed by atoms with van der Waals surface area (Å²) >= 11 is 0. The van der Waals surface area contributed by atoms with E-state index < -0.39 is 36.2 Å². The number of amides is 1. The smallest absolute Gasteiger partial charge is 0.391 e. The van der Waals surface area contributed by atoms with E-state index in [1.165, 1.54) is 12.3 Å². The molecule has 1 amide bonds. The third kappa shape index (κ3) is 4.15. The SMILES string of the molecule is Cc1cc(C#N)cnc1OC(=O)Nc1ccc(F)c(C2(C(F)F)COCC(N)=N2)n1. The highest BCUT2D eigenvalue weighted by atomic mass is 19.3. The van der Waals surface area contributed by atoms with E-state index in [1.54, 1.807) is 6.92 Å². The van der Waals surface area contributed by atoms with Gasteiger partial charge < -0.3 is 15.2 Å². The molecular formula is C18H15F3N6O3. The molecule has 0 saturated heterocycles. The second-order valence-electron chi connectivity index (χ2n) is 6.32. The molecule has 3 heterocycles. The van der Waals surface area contributed by atoms with Gasteiger partial charge in [-0.3, -0.25) is 5.32 Å². The Labute approximate surface area is 168 Å². The zero-order chi connectivity index (χ0) is 21.9. The zero-order valence-electron chi connectivity index (χ0n) is 15.5. The second kappa shape index (κ2) is 8.34. The first-order chi connectivity index (χ1) is 14.2. The molecule has 2 aromatic heterocycles. The summed E-state index contributed by atoms with van der Waals surface area (Å²) in [6.45, 7) is 0.761. The van der Waals surface area contributed by atoms with E-state index in [0.717, 1.165) is 12.1 Å². The molecule has 2 aromatic rings. The summed E-state index contributed by atoms with van der Waals surface area (Å²) in [5, 5.41) is 11.0. The first-order valence-corrected chi connectivity index (χ1v) is 8.48. The van der Waals surface area contributed by atoms with Crippen LogP contribution in [0.4, 0.5) is 23.8 Å². The van der Waals surface area contributed by atoms with Crippen LogP contribution in [-0.2, 0) is 10.3 Å². The molecule has 12 heteroatoms. The van der Waals surface area contributed by atoms with Crippen LogP contribution in [0.3, 0.4) is 0 Å². The van der Waals surface area contributed by atoms with Gasteiger partial charge in [0.25, 0.3) is 6.43 Å². The van der Waals surface area contributed by atoms with Crippen LogP contribution < -0.4 is 15.8 Å². The number of nitrogens with one attached hydrogen (secondary N) is 1. The quantitative estimate of drug-likeness (QED) is 0.774. The lowest BCUT2D eigenvalue weighted by atomic mass is 9.95. The molecule has 0 radical (unpaired) electrons. The lowest BCUT2D eigenvalue weighted by molar-refractivity contribution is -0.0168. The first-order valence-electron chi connectivity index (χ1n) is 8.48. The Hall–Kier alpha value is -3.72. The van der Waals surface area contributed by atoms with Crippen molar-refractivity contribution in [1.82, 2.24) is 9.97 Å². The summed E-state index contributed by atoms with van der Waals surface area (Å²) in [5.74, 6) is -1.64. The van der Waals surface area contributed by atoms with E-state index in [1.807, 2.05) is 6.07 Å². The van der Waals surface area contributed by atoms with Crippen molar-refractivity contribution in [3.8, 4) is 11.9 Å². The summed E-state index contributed by atoms with van der Waals surface area (Å²) in [6, 6.07) is 5.27. The number of nitrogens with zero attached hydrogens (tertiary/aromatic N) is 4. The normalized spacial score (nSPS) is 18.5. The first kappa shape index (κ1) is 21.0. The largest absolute Gasteiger partial charge is 0.419 e. The molecule has 3 N–H and O–H groups in total. The molecule has 3 rings (SSSR count). The van der Waals surface area contributed by atoms with Gasteiger partial charge in [0.1, 0.15) is 35.8 Å². The third-order valence-corrected chi connectivity index (χ3v) is 4.11. The van der Waals surface area contributed by atoms with E-state index in [-0.39, 0.29) is 29.7 Å². The minimum atomic E-state index is -3.17. The topological polar surface area (TPSA) is 136 Å². The molecule has 1 aliphatic heterocycles. The maximum absolute atomic E-state index is 14.4. The molecular weight excluding hydrogens is 405 g/mol. The Morgan fingerprint density at radius 1 is 1.47 bits per heavy atom. The molecule has 0 saturated carbocycles. The number of hydrogen-bond donors (Lipinski definition) is 2. The van der Waals surface area contributed by atoms with Gasteiger partial charge >= 0.3 is 6.09 Å². The molecule has 0 aromatic carbocycles. The van der Waals surface area contributed by atoms with Gasteiger partial charge in [-0.1, -0.05) is 0 Å². The summed E-state index contributed by atoms with van der Waals surface area (Å²) in [7, 11) is 0. The molecule has 0 bridgehead atoms. The predicted molar refractivity (Wildman–Crippen MR) is 97.7 cm³/mol. The number of nitriles is 1. The maximum Gasteiger partial charge on any atom is 0.419 e. The Balaban J connectivity index is 1.86. The Kier molecular flexibility index (Phi) is 5.84. The van der Waals surface area contributed by atoms with E-state index in [0.29, 0.717) is 5.56 Å². The van der Waals surface area contributed by atoms with Crippen LogP contribution in [0, 0.1) is 24.1 Å². The van der Waals surface area contributed by atoms with E-state index in [2.05, 4.69) is 20.3 Å². The number of carbonyl (C=O) groups is 1. The molecule has 0 spiro atoms. The number of aryl methyl sites for hydroxylation is 1. The van der Waals surface area contributed by atoms with E-state index >= 15 is 0 Å². The van der Waals surface area contributed by atoms with Crippen LogP contribution >= 0.6 is 0 Å². The monoisotopic (exact) mass is 420 g/mol. The van der Waals surface area contributed by atoms with Crippen molar-refractivity contribution in [3.05, 3.63) is 47.0 Å². The second-order valence-corrected chi connectivity index (χ2v) is 6.32. The zero-order valence-corrected chi connectivity index (χ0v) is 15.5. The summed E-state index contributed by atoms with van der Waals surface area (Å²) in [4.78, 5) is 23.5. The molecule has 30 heavy (non-hydrogen) atoms. The summed E-state index contributed by atoms with van der Waals surface area (Å²) < 4.78 is 52.0. The highest BCUT2D eigenvalue weighted by Gasteiger charge is 2.47. The minimum absolute atomic E-state index is 0.0732. The number of alkyl halides is 2. The molecule has 9 nitrogen and oxygen atoms in total. The lowest BCUT2D eigenvalue weighted by Gasteiger charge is -2.32. The average Bonchev–Trinajstić information content (AvgIpc) is 2.70. The molecule has 156 valence electrons. The van der Waals surface area contributed by atoms with Crippen LogP contribution in [0.25, 0.3) is 0 Å². The van der Waals surface area contributed by atoms with Crippen molar-refractivity contribution in [1.29, 1.82) is 5.26 Å². The lowest BCUT2D eigenvalue weighted by Crippen LogP contribution is -2.46. The van der Waals surface area contributed by atoms with Gasteiger partial charge in [-0.25, -0.2) is 32.9 Å². The Morgan fingerprint density at radius 3 is 2.87 bits per heavy atom. The Morgan fingerprint density at radius 2 is 2.23 bits per heavy atom. The number of carbonyl (C=O) groups excluding carboxylic acids is 1.